The first-order chi connectivity index (χ1) is 11.0. The highest BCUT2D eigenvalue weighted by Gasteiger charge is 2.32. The average molecular weight is 382 g/mol. The molecule has 0 radical (unpaired) electrons. The molecule has 1 saturated heterocycles. The first-order valence-electron chi connectivity index (χ1n) is 6.65. The van der Waals surface area contributed by atoms with Crippen molar-refractivity contribution in [3.05, 3.63) is 39.4 Å². The van der Waals surface area contributed by atoms with Crippen molar-refractivity contribution < 1.29 is 14.7 Å². The first-order valence-corrected chi connectivity index (χ1v) is 9.57. The number of carboxylic acid groups (broad SMARTS) is 1. The number of amides is 1. The van der Waals surface area contributed by atoms with Crippen molar-refractivity contribution >= 4 is 68.9 Å². The lowest BCUT2D eigenvalue weighted by molar-refractivity contribution is -0.137. The number of carbonyl (C=O) groups is 2. The molecule has 3 rings (SSSR count). The van der Waals surface area contributed by atoms with Crippen LogP contribution in [0.3, 0.4) is 0 Å². The molecule has 1 amide bonds. The van der Waals surface area contributed by atoms with Crippen LogP contribution in [0, 0.1) is 0 Å². The van der Waals surface area contributed by atoms with Gasteiger partial charge >= 0.3 is 5.97 Å². The number of carbonyl (C=O) groups excluding carboxylic acids is 1. The number of aliphatic carboxylic acids is 1. The fourth-order valence-corrected chi connectivity index (χ4v) is 5.17. The molecule has 0 atom stereocenters. The van der Waals surface area contributed by atoms with Crippen LogP contribution in [0.25, 0.3) is 15.8 Å². The number of carboxylic acids is 1. The second-order valence-corrected chi connectivity index (χ2v) is 8.40. The van der Waals surface area contributed by atoms with Gasteiger partial charge in [0.05, 0.1) is 11.3 Å². The zero-order valence-electron chi connectivity index (χ0n) is 11.7. The molecule has 0 bridgehead atoms. The SMILES string of the molecule is O=C(O)CCN1C(=O)/C(=C/c2ccc(-c3cccs3)s2)SC1=S. The number of hydrogen-bond donors (Lipinski definition) is 1. The summed E-state index contributed by atoms with van der Waals surface area (Å²) in [5.74, 6) is -1.16. The summed E-state index contributed by atoms with van der Waals surface area (Å²) in [7, 11) is 0. The molecule has 0 unspecified atom stereocenters. The molecule has 23 heavy (non-hydrogen) atoms. The van der Waals surface area contributed by atoms with Crippen LogP contribution in [0.15, 0.2) is 34.6 Å². The van der Waals surface area contributed by atoms with E-state index in [0.717, 1.165) is 9.75 Å². The summed E-state index contributed by atoms with van der Waals surface area (Å²) in [5.41, 5.74) is 0. The highest BCUT2D eigenvalue weighted by atomic mass is 32.2. The summed E-state index contributed by atoms with van der Waals surface area (Å²) in [5, 5.41) is 10.8. The van der Waals surface area contributed by atoms with E-state index in [1.54, 1.807) is 22.7 Å². The van der Waals surface area contributed by atoms with Crippen molar-refractivity contribution in [2.24, 2.45) is 0 Å². The van der Waals surface area contributed by atoms with Gasteiger partial charge < -0.3 is 5.11 Å². The molecule has 1 aliphatic rings. The van der Waals surface area contributed by atoms with E-state index in [1.807, 2.05) is 29.7 Å². The molecule has 1 aliphatic heterocycles. The van der Waals surface area contributed by atoms with E-state index in [9.17, 15) is 9.59 Å². The number of rotatable bonds is 5. The largest absolute Gasteiger partial charge is 0.481 e. The normalized spacial score (nSPS) is 16.5. The highest BCUT2D eigenvalue weighted by Crippen LogP contribution is 2.36. The lowest BCUT2D eigenvalue weighted by Crippen LogP contribution is -2.30. The molecule has 1 N–H and O–H groups in total. The maximum Gasteiger partial charge on any atom is 0.305 e. The predicted molar refractivity (Wildman–Crippen MR) is 99.8 cm³/mol. The van der Waals surface area contributed by atoms with Crippen LogP contribution in [0.5, 0.6) is 0 Å². The Bertz CT molecular complexity index is 792. The van der Waals surface area contributed by atoms with Crippen LogP contribution in [-0.4, -0.2) is 32.7 Å². The van der Waals surface area contributed by atoms with Gasteiger partial charge in [0.2, 0.25) is 0 Å². The van der Waals surface area contributed by atoms with Crippen molar-refractivity contribution in [2.45, 2.75) is 6.42 Å². The Kier molecular flexibility index (Phi) is 4.96. The summed E-state index contributed by atoms with van der Waals surface area (Å²) in [6.07, 6.45) is 1.71. The van der Waals surface area contributed by atoms with Crippen LogP contribution < -0.4 is 0 Å². The van der Waals surface area contributed by atoms with Crippen LogP contribution in [-0.2, 0) is 9.59 Å². The van der Waals surface area contributed by atoms with Gasteiger partial charge in [-0.1, -0.05) is 30.0 Å². The lowest BCUT2D eigenvalue weighted by Gasteiger charge is -2.12. The third kappa shape index (κ3) is 3.72. The third-order valence-electron chi connectivity index (χ3n) is 3.09. The van der Waals surface area contributed by atoms with Gasteiger partial charge in [0.1, 0.15) is 4.32 Å². The van der Waals surface area contributed by atoms with Gasteiger partial charge in [-0.05, 0) is 29.7 Å². The molecule has 0 spiro atoms. The van der Waals surface area contributed by atoms with Gasteiger partial charge in [0.25, 0.3) is 5.91 Å². The van der Waals surface area contributed by atoms with E-state index in [1.165, 1.54) is 21.5 Å². The molecule has 4 nitrogen and oxygen atoms in total. The second-order valence-electron chi connectivity index (χ2n) is 4.66. The minimum atomic E-state index is -0.943. The Hall–Kier alpha value is -1.48. The van der Waals surface area contributed by atoms with Crippen LogP contribution in [0.1, 0.15) is 11.3 Å². The molecule has 8 heteroatoms. The summed E-state index contributed by atoms with van der Waals surface area (Å²) in [6, 6.07) is 8.08. The average Bonchev–Trinajstić information content (AvgIpc) is 3.20. The smallest absolute Gasteiger partial charge is 0.305 e. The minimum Gasteiger partial charge on any atom is -0.481 e. The number of nitrogens with zero attached hydrogens (tertiary/aromatic N) is 1. The van der Waals surface area contributed by atoms with Gasteiger partial charge in [-0.2, -0.15) is 0 Å². The number of thiocarbonyl (C=S) groups is 1. The van der Waals surface area contributed by atoms with E-state index in [0.29, 0.717) is 9.23 Å². The quantitative estimate of drug-likeness (QED) is 0.623. The molecule has 118 valence electrons. The second kappa shape index (κ2) is 6.96. The summed E-state index contributed by atoms with van der Waals surface area (Å²) in [4.78, 5) is 28.2. The Morgan fingerprint density at radius 2 is 2.13 bits per heavy atom. The molecule has 0 aliphatic carbocycles. The fraction of sp³-hybridized carbons (Fsp3) is 0.133. The molecule has 2 aromatic heterocycles. The number of thiophene rings is 2. The van der Waals surface area contributed by atoms with Crippen LogP contribution in [0.4, 0.5) is 0 Å². The van der Waals surface area contributed by atoms with E-state index >= 15 is 0 Å². The fourth-order valence-electron chi connectivity index (χ4n) is 2.01. The highest BCUT2D eigenvalue weighted by molar-refractivity contribution is 8.26. The van der Waals surface area contributed by atoms with Crippen molar-refractivity contribution in [2.75, 3.05) is 6.54 Å². The van der Waals surface area contributed by atoms with E-state index in [-0.39, 0.29) is 18.9 Å². The van der Waals surface area contributed by atoms with Crippen molar-refractivity contribution in [3.8, 4) is 9.75 Å². The van der Waals surface area contributed by atoms with Crippen molar-refractivity contribution in [3.63, 3.8) is 0 Å². The molecule has 0 saturated carbocycles. The number of hydrogen-bond acceptors (Lipinski definition) is 6. The lowest BCUT2D eigenvalue weighted by atomic mass is 10.3. The summed E-state index contributed by atoms with van der Waals surface area (Å²) in [6.45, 7) is 0.113. The summed E-state index contributed by atoms with van der Waals surface area (Å²) < 4.78 is 0.414. The monoisotopic (exact) mass is 381 g/mol. The Balaban J connectivity index is 1.77. The van der Waals surface area contributed by atoms with Gasteiger partial charge in [-0.3, -0.25) is 14.5 Å². The Labute approximate surface area is 150 Å². The maximum absolute atomic E-state index is 12.3. The van der Waals surface area contributed by atoms with Crippen molar-refractivity contribution in [1.82, 2.24) is 4.90 Å². The Morgan fingerprint density at radius 3 is 2.83 bits per heavy atom. The molecular weight excluding hydrogens is 370 g/mol. The molecule has 1 fully saturated rings. The maximum atomic E-state index is 12.3. The van der Waals surface area contributed by atoms with E-state index in [2.05, 4.69) is 6.07 Å². The standard InChI is InChI=1S/C15H11NO3S4/c17-13(18)5-6-16-14(19)12(23-15(16)20)8-9-3-4-11(22-9)10-2-1-7-21-10/h1-4,7-8H,5-6H2,(H,17,18)/b12-8-. The molecule has 3 heterocycles. The molecule has 2 aromatic rings. The molecular formula is C15H11NO3S4. The Morgan fingerprint density at radius 1 is 1.30 bits per heavy atom. The van der Waals surface area contributed by atoms with Crippen LogP contribution >= 0.6 is 46.7 Å². The van der Waals surface area contributed by atoms with Gasteiger partial charge in [-0.25, -0.2) is 0 Å². The van der Waals surface area contributed by atoms with Crippen molar-refractivity contribution in [1.29, 1.82) is 0 Å². The van der Waals surface area contributed by atoms with E-state index < -0.39 is 5.97 Å². The first kappa shape index (κ1) is 16.4. The van der Waals surface area contributed by atoms with Gasteiger partial charge in [0, 0.05) is 21.2 Å². The van der Waals surface area contributed by atoms with Crippen LogP contribution in [0.2, 0.25) is 0 Å². The zero-order chi connectivity index (χ0) is 16.4. The zero-order valence-corrected chi connectivity index (χ0v) is 15.0. The molecule has 0 aromatic carbocycles. The number of thioether (sulfide) groups is 1. The minimum absolute atomic E-state index is 0.110. The summed E-state index contributed by atoms with van der Waals surface area (Å²) >= 11 is 9.68. The predicted octanol–water partition coefficient (Wildman–Crippen LogP) is 4.15. The topological polar surface area (TPSA) is 57.6 Å². The van der Waals surface area contributed by atoms with Gasteiger partial charge in [-0.15, -0.1) is 22.7 Å². The van der Waals surface area contributed by atoms with Gasteiger partial charge in [0.15, 0.2) is 0 Å². The third-order valence-corrected chi connectivity index (χ3v) is 6.56. The van der Waals surface area contributed by atoms with E-state index in [4.69, 9.17) is 17.3 Å².